The molecule has 2 rings (SSSR count). The van der Waals surface area contributed by atoms with Gasteiger partial charge >= 0.3 is 0 Å². The Hall–Kier alpha value is -2.70. The van der Waals surface area contributed by atoms with E-state index in [0.717, 1.165) is 11.1 Å². The first kappa shape index (κ1) is 15.7. The maximum absolute atomic E-state index is 11.8. The molecule has 22 heavy (non-hydrogen) atoms. The number of amides is 1. The van der Waals surface area contributed by atoms with Crippen LogP contribution >= 0.6 is 0 Å². The van der Waals surface area contributed by atoms with Crippen molar-refractivity contribution < 1.29 is 14.3 Å². The van der Waals surface area contributed by atoms with Crippen LogP contribution in [0.25, 0.3) is 0 Å². The number of carbonyl (C=O) groups is 2. The van der Waals surface area contributed by atoms with E-state index < -0.39 is 0 Å². The van der Waals surface area contributed by atoms with Gasteiger partial charge in [0.15, 0.2) is 0 Å². The maximum Gasteiger partial charge on any atom is 0.300 e. The summed E-state index contributed by atoms with van der Waals surface area (Å²) in [5.41, 5.74) is 2.01. The molecule has 0 spiro atoms. The van der Waals surface area contributed by atoms with Crippen molar-refractivity contribution in [2.75, 3.05) is 0 Å². The number of aryl methyl sites for hydroxylation is 1. The third-order valence-electron chi connectivity index (χ3n) is 2.88. The summed E-state index contributed by atoms with van der Waals surface area (Å²) < 4.78 is 5.12. The van der Waals surface area contributed by atoms with Gasteiger partial charge in [-0.1, -0.05) is 30.3 Å². The molecule has 1 aromatic carbocycles. The molecule has 7 heteroatoms. The molecule has 0 atom stereocenters. The van der Waals surface area contributed by atoms with Gasteiger partial charge in [0.05, 0.1) is 6.20 Å². The van der Waals surface area contributed by atoms with E-state index in [-0.39, 0.29) is 37.9 Å². The third-order valence-corrected chi connectivity index (χ3v) is 2.88. The number of hydrogen-bond acceptors (Lipinski definition) is 5. The van der Waals surface area contributed by atoms with Gasteiger partial charge in [0.1, 0.15) is 12.3 Å². The normalized spacial score (nSPS) is 9.86. The van der Waals surface area contributed by atoms with Gasteiger partial charge in [-0.05, 0) is 24.1 Å². The molecule has 0 aliphatic heterocycles. The second-order valence-electron chi connectivity index (χ2n) is 4.77. The van der Waals surface area contributed by atoms with Gasteiger partial charge in [-0.25, -0.2) is 0 Å². The summed E-state index contributed by atoms with van der Waals surface area (Å²) in [6, 6.07) is 11.1. The Morgan fingerprint density at radius 3 is 2.77 bits per heavy atom. The van der Waals surface area contributed by atoms with E-state index in [1.165, 1.54) is 0 Å². The highest BCUT2D eigenvalue weighted by atomic mass is 16.5. The van der Waals surface area contributed by atoms with Crippen molar-refractivity contribution in [1.29, 1.82) is 0 Å². The summed E-state index contributed by atoms with van der Waals surface area (Å²) in [4.78, 5) is 23.4. The highest BCUT2D eigenvalue weighted by Crippen LogP contribution is 2.01. The molecule has 6 nitrogen and oxygen atoms in total. The Labute approximate surface area is 129 Å². The maximum atomic E-state index is 11.8. The van der Waals surface area contributed by atoms with E-state index in [4.69, 9.17) is 4.74 Å². The molecule has 112 valence electrons. The van der Waals surface area contributed by atoms with E-state index in [0.29, 0.717) is 0 Å². The van der Waals surface area contributed by atoms with E-state index >= 15 is 0 Å². The summed E-state index contributed by atoms with van der Waals surface area (Å²) >= 11 is 0. The van der Waals surface area contributed by atoms with Crippen LogP contribution in [0.1, 0.15) is 21.6 Å². The van der Waals surface area contributed by atoms with Gasteiger partial charge in [-0.15, -0.1) is 5.10 Å². The molecule has 0 aliphatic rings. The first-order valence-electron chi connectivity index (χ1n) is 6.92. The second kappa shape index (κ2) is 7.92. The third kappa shape index (κ3) is 5.01. The summed E-state index contributed by atoms with van der Waals surface area (Å²) in [5.74, 6) is -0.716. The number of hydrogen-bond donors (Lipinski definition) is 1. The Morgan fingerprint density at radius 1 is 1.27 bits per heavy atom. The number of rotatable bonds is 6. The molecule has 0 bridgehead atoms. The topological polar surface area (TPSA) is 81.2 Å². The Balaban J connectivity index is 1.69. The minimum Gasteiger partial charge on any atom is -0.461 e. The smallest absolute Gasteiger partial charge is 0.300 e. The SMILES string of the molecule is Cc1cnnc(C(=O)NBCC(=O)OCc2ccccc2)c1. The standard InChI is InChI=1S/C15H16BN3O3/c1-11-7-13(19-17-9-11)15(21)18-16-8-14(20)22-10-12-5-3-2-4-6-12/h2-7,9,16H,8,10H2,1H3,(H,18,21). The van der Waals surface area contributed by atoms with Gasteiger partial charge in [0.2, 0.25) is 7.41 Å². The monoisotopic (exact) mass is 297 g/mol. The van der Waals surface area contributed by atoms with Crippen LogP contribution in [0.3, 0.4) is 0 Å². The molecular weight excluding hydrogens is 281 g/mol. The zero-order chi connectivity index (χ0) is 15.8. The Kier molecular flexibility index (Phi) is 5.65. The zero-order valence-electron chi connectivity index (χ0n) is 12.3. The van der Waals surface area contributed by atoms with Crippen LogP contribution in [-0.4, -0.2) is 29.5 Å². The van der Waals surface area contributed by atoms with E-state index in [2.05, 4.69) is 15.4 Å². The molecular formula is C15H16BN3O3. The molecule has 0 radical (unpaired) electrons. The molecule has 0 aliphatic carbocycles. The van der Waals surface area contributed by atoms with Crippen LogP contribution in [0.2, 0.25) is 6.32 Å². The Bertz CT molecular complexity index is 649. The second-order valence-corrected chi connectivity index (χ2v) is 4.77. The first-order valence-corrected chi connectivity index (χ1v) is 6.92. The highest BCUT2D eigenvalue weighted by Gasteiger charge is 2.10. The number of carbonyl (C=O) groups excluding carboxylic acids is 2. The van der Waals surface area contributed by atoms with Gasteiger partial charge in [-0.2, -0.15) is 5.10 Å². The van der Waals surface area contributed by atoms with Crippen molar-refractivity contribution in [2.24, 2.45) is 0 Å². The number of nitrogens with zero attached hydrogens (tertiary/aromatic N) is 2. The first-order chi connectivity index (χ1) is 10.6. The van der Waals surface area contributed by atoms with Crippen molar-refractivity contribution >= 4 is 19.3 Å². The predicted molar refractivity (Wildman–Crippen MR) is 82.4 cm³/mol. The molecule has 0 saturated heterocycles. The average molecular weight is 297 g/mol. The fourth-order valence-electron chi connectivity index (χ4n) is 1.75. The molecule has 1 N–H and O–H groups in total. The minimum absolute atomic E-state index is 0.109. The fraction of sp³-hybridized carbons (Fsp3) is 0.200. The van der Waals surface area contributed by atoms with Crippen molar-refractivity contribution in [3.05, 3.63) is 59.4 Å². The van der Waals surface area contributed by atoms with Gasteiger partial charge in [-0.3, -0.25) is 9.59 Å². The molecule has 1 aromatic heterocycles. The number of esters is 1. The largest absolute Gasteiger partial charge is 0.461 e. The summed E-state index contributed by atoms with van der Waals surface area (Å²) in [6.07, 6.45) is 1.68. The van der Waals surface area contributed by atoms with Crippen LogP contribution in [0.5, 0.6) is 0 Å². The minimum atomic E-state index is -0.362. The lowest BCUT2D eigenvalue weighted by Gasteiger charge is -2.05. The van der Waals surface area contributed by atoms with Crippen molar-refractivity contribution in [3.8, 4) is 0 Å². The molecule has 2 aromatic rings. The molecule has 0 unspecified atom stereocenters. The summed E-state index contributed by atoms with van der Waals surface area (Å²) in [6.45, 7) is 2.06. The summed E-state index contributed by atoms with van der Waals surface area (Å²) in [5, 5.41) is 10.1. The van der Waals surface area contributed by atoms with Crippen molar-refractivity contribution in [2.45, 2.75) is 19.9 Å². The molecule has 1 heterocycles. The Morgan fingerprint density at radius 2 is 2.05 bits per heavy atom. The number of aromatic nitrogens is 2. The average Bonchev–Trinajstić information content (AvgIpc) is 2.54. The lowest BCUT2D eigenvalue weighted by molar-refractivity contribution is -0.142. The fourth-order valence-corrected chi connectivity index (χ4v) is 1.75. The van der Waals surface area contributed by atoms with Gasteiger partial charge < -0.3 is 9.96 Å². The van der Waals surface area contributed by atoms with E-state index in [1.54, 1.807) is 12.3 Å². The summed E-state index contributed by atoms with van der Waals surface area (Å²) in [7, 11) is 0.197. The van der Waals surface area contributed by atoms with Gasteiger partial charge in [0, 0.05) is 6.32 Å². The molecule has 1 amide bonds. The van der Waals surface area contributed by atoms with Crippen molar-refractivity contribution in [1.82, 2.24) is 15.4 Å². The lowest BCUT2D eigenvalue weighted by Crippen LogP contribution is -2.30. The van der Waals surface area contributed by atoms with Gasteiger partial charge in [0.25, 0.3) is 11.9 Å². The van der Waals surface area contributed by atoms with Crippen molar-refractivity contribution in [3.63, 3.8) is 0 Å². The number of nitrogens with one attached hydrogen (secondary N) is 1. The highest BCUT2D eigenvalue weighted by molar-refractivity contribution is 6.42. The van der Waals surface area contributed by atoms with Crippen LogP contribution in [0, 0.1) is 6.92 Å². The number of benzene rings is 1. The van der Waals surface area contributed by atoms with E-state index in [9.17, 15) is 9.59 Å². The number of ether oxygens (including phenoxy) is 1. The van der Waals surface area contributed by atoms with E-state index in [1.807, 2.05) is 37.3 Å². The lowest BCUT2D eigenvalue weighted by atomic mass is 9.89. The molecule has 0 fully saturated rings. The van der Waals surface area contributed by atoms with Crippen LogP contribution in [-0.2, 0) is 16.1 Å². The molecule has 0 saturated carbocycles. The zero-order valence-corrected chi connectivity index (χ0v) is 12.3. The quantitative estimate of drug-likeness (QED) is 0.636. The van der Waals surface area contributed by atoms with Crippen LogP contribution in [0.4, 0.5) is 0 Å². The predicted octanol–water partition coefficient (Wildman–Crippen LogP) is 1.03. The van der Waals surface area contributed by atoms with Crippen LogP contribution < -0.4 is 5.23 Å². The van der Waals surface area contributed by atoms with Crippen LogP contribution in [0.15, 0.2) is 42.6 Å².